The zero-order valence-electron chi connectivity index (χ0n) is 24.6. The van der Waals surface area contributed by atoms with Crippen LogP contribution in [0.25, 0.3) is 0 Å². The minimum atomic E-state index is -1.51. The topological polar surface area (TPSA) is 112 Å². The molecule has 7 fully saturated rings. The summed E-state index contributed by atoms with van der Waals surface area (Å²) < 4.78 is 22.7. The largest absolute Gasteiger partial charge is 0.493 e. The summed E-state index contributed by atoms with van der Waals surface area (Å²) in [5.74, 6) is 0.559. The van der Waals surface area contributed by atoms with Gasteiger partial charge >= 0.3 is 11.9 Å². The highest BCUT2D eigenvalue weighted by molar-refractivity contribution is 5.90. The first-order chi connectivity index (χ1) is 19.5. The van der Waals surface area contributed by atoms with E-state index in [0.29, 0.717) is 23.0 Å². The van der Waals surface area contributed by atoms with E-state index in [1.54, 1.807) is 18.2 Å². The first kappa shape index (κ1) is 27.0. The number of methoxy groups -OCH3 is 2. The molecule has 0 radical (unpaired) electrons. The molecule has 0 unspecified atom stereocenters. The quantitative estimate of drug-likeness (QED) is 0.519. The maximum Gasteiger partial charge on any atom is 0.338 e. The molecule has 1 amide bonds. The fourth-order valence-corrected chi connectivity index (χ4v) is 11.6. The van der Waals surface area contributed by atoms with Crippen molar-refractivity contribution >= 4 is 17.8 Å². The van der Waals surface area contributed by atoms with E-state index in [0.717, 1.165) is 44.9 Å². The van der Waals surface area contributed by atoms with Gasteiger partial charge in [-0.3, -0.25) is 9.59 Å². The third kappa shape index (κ3) is 3.08. The summed E-state index contributed by atoms with van der Waals surface area (Å²) in [5, 5.41) is 12.5. The molecule has 9 nitrogen and oxygen atoms in total. The summed E-state index contributed by atoms with van der Waals surface area (Å²) in [5.41, 5.74) is -2.13. The molecule has 222 valence electrons. The number of piperidine rings is 1. The summed E-state index contributed by atoms with van der Waals surface area (Å²) in [7, 11) is 5.01. The van der Waals surface area contributed by atoms with E-state index in [9.17, 15) is 19.5 Å². The van der Waals surface area contributed by atoms with Crippen LogP contribution < -0.4 is 9.47 Å². The van der Waals surface area contributed by atoms with Crippen molar-refractivity contribution in [3.8, 4) is 11.5 Å². The number of rotatable bonds is 6. The lowest BCUT2D eigenvalue weighted by Crippen LogP contribution is -2.73. The average Bonchev–Trinajstić information content (AvgIpc) is 3.42. The molecule has 1 aliphatic heterocycles. The second-order valence-corrected chi connectivity index (χ2v) is 13.9. The number of ether oxygens (including phenoxy) is 4. The van der Waals surface area contributed by atoms with Crippen LogP contribution in [0.2, 0.25) is 0 Å². The molecule has 10 atom stereocenters. The van der Waals surface area contributed by atoms with Gasteiger partial charge in [0.25, 0.3) is 0 Å². The number of nitrogens with zero attached hydrogens (tertiary/aromatic N) is 1. The molecular formula is C32H41NO8. The Morgan fingerprint density at radius 3 is 2.51 bits per heavy atom. The lowest BCUT2D eigenvalue weighted by molar-refractivity contribution is -0.286. The molecule has 1 N–H and O–H groups in total. The predicted molar refractivity (Wildman–Crippen MR) is 146 cm³/mol. The van der Waals surface area contributed by atoms with Crippen LogP contribution in [0.15, 0.2) is 18.2 Å². The zero-order chi connectivity index (χ0) is 29.1. The van der Waals surface area contributed by atoms with Crippen molar-refractivity contribution in [2.75, 3.05) is 27.9 Å². The highest BCUT2D eigenvalue weighted by Crippen LogP contribution is 2.84. The summed E-state index contributed by atoms with van der Waals surface area (Å²) in [6, 6.07) is 4.96. The Morgan fingerprint density at radius 1 is 1.05 bits per heavy atom. The van der Waals surface area contributed by atoms with Crippen molar-refractivity contribution in [3.05, 3.63) is 23.8 Å². The number of carbonyl (C=O) groups is 3. The van der Waals surface area contributed by atoms with Gasteiger partial charge in [0.05, 0.1) is 25.2 Å². The number of benzene rings is 1. The number of esters is 2. The Morgan fingerprint density at radius 2 is 1.80 bits per heavy atom. The van der Waals surface area contributed by atoms with Gasteiger partial charge in [-0.05, 0) is 85.8 Å². The van der Waals surface area contributed by atoms with Crippen molar-refractivity contribution in [1.29, 1.82) is 0 Å². The maximum atomic E-state index is 13.9. The molecule has 9 heteroatoms. The standard InChI is InChI=1S/C32H41NO8/c1-17(34)40-16-32(37)19-9-12-30(27(32)41-26(35)18-7-8-21(38-4)22(13-18)39-5)20-15-23-29(2)10-6-11-31(23,24(30)14-19)25(20)33(3)28(29)36/h7-8,13,19-20,23-25,27,37H,6,9-12,14-16H2,1-5H3/t19-,20-,23+,24-,25+,27+,29+,30-,31-,32-/m0/s1. The van der Waals surface area contributed by atoms with E-state index < -0.39 is 29.1 Å². The molecule has 1 aromatic rings. The molecule has 1 aromatic carbocycles. The van der Waals surface area contributed by atoms with Gasteiger partial charge in [0, 0.05) is 25.4 Å². The number of amides is 1. The third-order valence-electron chi connectivity index (χ3n) is 12.8. The van der Waals surface area contributed by atoms with E-state index in [-0.39, 0.29) is 47.1 Å². The van der Waals surface area contributed by atoms with Crippen LogP contribution in [0.5, 0.6) is 11.5 Å². The smallest absolute Gasteiger partial charge is 0.338 e. The van der Waals surface area contributed by atoms with Crippen LogP contribution in [0.1, 0.15) is 69.2 Å². The van der Waals surface area contributed by atoms with Gasteiger partial charge in [-0.15, -0.1) is 0 Å². The van der Waals surface area contributed by atoms with E-state index in [2.05, 4.69) is 6.92 Å². The Hall–Kier alpha value is -2.81. The minimum absolute atomic E-state index is 0.0459. The molecule has 2 spiro atoms. The first-order valence-corrected chi connectivity index (χ1v) is 15.0. The summed E-state index contributed by atoms with van der Waals surface area (Å²) in [6.07, 6.45) is 5.41. The molecule has 8 rings (SSSR count). The second-order valence-electron chi connectivity index (χ2n) is 13.9. The first-order valence-electron chi connectivity index (χ1n) is 15.0. The van der Waals surface area contributed by atoms with Gasteiger partial charge in [0.15, 0.2) is 11.5 Å². The normalized spacial score (nSPS) is 44.8. The molecule has 6 aliphatic carbocycles. The molecular weight excluding hydrogens is 526 g/mol. The van der Waals surface area contributed by atoms with E-state index in [1.165, 1.54) is 21.1 Å². The Balaban J connectivity index is 1.34. The minimum Gasteiger partial charge on any atom is -0.493 e. The van der Waals surface area contributed by atoms with E-state index >= 15 is 0 Å². The molecule has 0 aromatic heterocycles. The highest BCUT2D eigenvalue weighted by Gasteiger charge is 2.86. The van der Waals surface area contributed by atoms with Crippen molar-refractivity contribution < 1.29 is 38.4 Å². The molecule has 6 saturated carbocycles. The lowest BCUT2D eigenvalue weighted by Gasteiger charge is -2.68. The molecule has 7 bridgehead atoms. The van der Waals surface area contributed by atoms with Crippen LogP contribution >= 0.6 is 0 Å². The molecule has 41 heavy (non-hydrogen) atoms. The zero-order valence-corrected chi connectivity index (χ0v) is 24.6. The highest BCUT2D eigenvalue weighted by atomic mass is 16.6. The number of likely N-dealkylation sites (tertiary alicyclic amines) is 1. The second kappa shape index (κ2) is 8.62. The summed E-state index contributed by atoms with van der Waals surface area (Å²) in [4.78, 5) is 41.7. The fraction of sp³-hybridized carbons (Fsp3) is 0.719. The van der Waals surface area contributed by atoms with Crippen LogP contribution in [-0.2, 0) is 19.1 Å². The van der Waals surface area contributed by atoms with Gasteiger partial charge in [-0.2, -0.15) is 0 Å². The lowest BCUT2D eigenvalue weighted by atomic mass is 9.38. The van der Waals surface area contributed by atoms with E-state index in [1.807, 2.05) is 11.9 Å². The molecule has 1 saturated heterocycles. The molecule has 1 heterocycles. The van der Waals surface area contributed by atoms with Gasteiger partial charge in [-0.1, -0.05) is 13.3 Å². The van der Waals surface area contributed by atoms with Crippen LogP contribution in [0, 0.1) is 39.9 Å². The van der Waals surface area contributed by atoms with Crippen molar-refractivity contribution in [1.82, 2.24) is 4.90 Å². The Bertz CT molecular complexity index is 1330. The number of carbonyl (C=O) groups excluding carboxylic acids is 3. The van der Waals surface area contributed by atoms with Gasteiger partial charge in [0.2, 0.25) is 5.91 Å². The van der Waals surface area contributed by atoms with Gasteiger partial charge in [0.1, 0.15) is 18.3 Å². The van der Waals surface area contributed by atoms with E-state index in [4.69, 9.17) is 18.9 Å². The van der Waals surface area contributed by atoms with Crippen LogP contribution in [0.4, 0.5) is 0 Å². The predicted octanol–water partition coefficient (Wildman–Crippen LogP) is 3.61. The van der Waals surface area contributed by atoms with Gasteiger partial charge < -0.3 is 29.0 Å². The monoisotopic (exact) mass is 567 g/mol. The Kier molecular flexibility index (Phi) is 5.68. The van der Waals surface area contributed by atoms with Crippen LogP contribution in [-0.4, -0.2) is 73.5 Å². The number of aliphatic hydroxyl groups is 1. The summed E-state index contributed by atoms with van der Waals surface area (Å²) >= 11 is 0. The number of fused-ring (bicyclic) bond motifs is 2. The molecule has 7 aliphatic rings. The third-order valence-corrected chi connectivity index (χ3v) is 12.8. The van der Waals surface area contributed by atoms with Crippen molar-refractivity contribution in [2.45, 2.75) is 76.5 Å². The summed E-state index contributed by atoms with van der Waals surface area (Å²) in [6.45, 7) is 3.29. The SMILES string of the molecule is COc1ccc(C(=O)O[C@H]2[C@](O)(COC(C)=O)[C@H]3CC[C@]24[C@H](C3)[C@@]23CCC[C@@]5(C)C(=O)N(C)[C@@H]2[C@@H]4C[C@@H]35)cc1OC. The Labute approximate surface area is 240 Å². The average molecular weight is 568 g/mol. The number of hydrogen-bond donors (Lipinski definition) is 1. The number of hydrogen-bond acceptors (Lipinski definition) is 8. The maximum absolute atomic E-state index is 13.9. The van der Waals surface area contributed by atoms with Gasteiger partial charge in [-0.25, -0.2) is 4.79 Å². The fourth-order valence-electron chi connectivity index (χ4n) is 11.6. The van der Waals surface area contributed by atoms with Crippen LogP contribution in [0.3, 0.4) is 0 Å². The van der Waals surface area contributed by atoms with Crippen molar-refractivity contribution in [3.63, 3.8) is 0 Å². The van der Waals surface area contributed by atoms with Crippen molar-refractivity contribution in [2.24, 2.45) is 39.9 Å².